The Bertz CT molecular complexity index is 371. The maximum atomic E-state index is 5.79. The van der Waals surface area contributed by atoms with Gasteiger partial charge >= 0.3 is 0 Å². The van der Waals surface area contributed by atoms with E-state index in [1.54, 1.807) is 0 Å². The molecule has 1 aromatic rings. The van der Waals surface area contributed by atoms with Gasteiger partial charge in [-0.2, -0.15) is 0 Å². The highest BCUT2D eigenvalue weighted by Crippen LogP contribution is 2.12. The van der Waals surface area contributed by atoms with Crippen LogP contribution in [0.2, 0.25) is 0 Å². The van der Waals surface area contributed by atoms with Gasteiger partial charge in [0.05, 0.1) is 12.2 Å². The molecule has 0 heterocycles. The molecule has 3 heteroatoms. The second kappa shape index (κ2) is 7.63. The van der Waals surface area contributed by atoms with Gasteiger partial charge in [0.25, 0.3) is 0 Å². The molecule has 0 radical (unpaired) electrons. The summed E-state index contributed by atoms with van der Waals surface area (Å²) in [4.78, 5) is 2.39. The molecule has 0 aromatic heterocycles. The molecule has 1 aromatic carbocycles. The van der Waals surface area contributed by atoms with Crippen molar-refractivity contribution in [3.63, 3.8) is 0 Å². The summed E-state index contributed by atoms with van der Waals surface area (Å²) in [5.41, 5.74) is 8.28. The van der Waals surface area contributed by atoms with Crippen LogP contribution < -0.4 is 5.73 Å². The first kappa shape index (κ1) is 16.2. The monoisotopic (exact) mass is 264 g/mol. The third kappa shape index (κ3) is 6.19. The van der Waals surface area contributed by atoms with E-state index in [2.05, 4.69) is 50.8 Å². The summed E-state index contributed by atoms with van der Waals surface area (Å²) < 4.78 is 5.79. The zero-order valence-electron chi connectivity index (χ0n) is 12.8. The van der Waals surface area contributed by atoms with Crippen LogP contribution in [0.25, 0.3) is 0 Å². The molecule has 0 amide bonds. The van der Waals surface area contributed by atoms with Crippen LogP contribution in [-0.4, -0.2) is 30.2 Å². The maximum Gasteiger partial charge on any atom is 0.0600 e. The molecule has 0 unspecified atom stereocenters. The third-order valence-corrected chi connectivity index (χ3v) is 3.12. The number of nitrogens with zero attached hydrogens (tertiary/aromatic N) is 1. The summed E-state index contributed by atoms with van der Waals surface area (Å²) in [5.74, 6) is 0. The highest BCUT2D eigenvalue weighted by molar-refractivity contribution is 5.26. The molecule has 3 nitrogen and oxygen atoms in total. The summed E-state index contributed by atoms with van der Waals surface area (Å²) in [6.07, 6.45) is 0. The Hall–Kier alpha value is -0.900. The Morgan fingerprint density at radius 1 is 1.16 bits per heavy atom. The number of ether oxygens (including phenoxy) is 1. The fourth-order valence-corrected chi connectivity index (χ4v) is 1.98. The lowest BCUT2D eigenvalue weighted by Crippen LogP contribution is -2.30. The zero-order chi connectivity index (χ0) is 14.3. The van der Waals surface area contributed by atoms with Gasteiger partial charge in [0, 0.05) is 19.6 Å². The van der Waals surface area contributed by atoms with Gasteiger partial charge in [-0.3, -0.25) is 4.90 Å². The number of benzene rings is 1. The number of likely N-dealkylation sites (N-methyl/N-ethyl adjacent to an activating group) is 1. The van der Waals surface area contributed by atoms with Gasteiger partial charge < -0.3 is 10.5 Å². The van der Waals surface area contributed by atoms with E-state index in [0.717, 1.165) is 26.2 Å². The molecule has 0 aliphatic carbocycles. The molecule has 0 aliphatic rings. The first-order valence-corrected chi connectivity index (χ1v) is 7.09. The highest BCUT2D eigenvalue weighted by Gasteiger charge is 2.11. The summed E-state index contributed by atoms with van der Waals surface area (Å²) in [6, 6.07) is 8.39. The average Bonchev–Trinajstić information content (AvgIpc) is 2.36. The molecule has 2 N–H and O–H groups in total. The number of hydrogen-bond acceptors (Lipinski definition) is 3. The van der Waals surface area contributed by atoms with Crippen LogP contribution in [0.4, 0.5) is 0 Å². The minimum absolute atomic E-state index is 0.0609. The summed E-state index contributed by atoms with van der Waals surface area (Å²) in [5, 5.41) is 0. The summed E-state index contributed by atoms with van der Waals surface area (Å²) in [6.45, 7) is 12.7. The predicted molar refractivity (Wildman–Crippen MR) is 81.0 cm³/mol. The summed E-state index contributed by atoms with van der Waals surface area (Å²) >= 11 is 0. The van der Waals surface area contributed by atoms with Gasteiger partial charge in [-0.05, 0) is 38.4 Å². The van der Waals surface area contributed by atoms with Crippen LogP contribution in [0.1, 0.15) is 38.8 Å². The predicted octanol–water partition coefficient (Wildman–Crippen LogP) is 2.78. The molecular weight excluding hydrogens is 236 g/mol. The van der Waals surface area contributed by atoms with Crippen molar-refractivity contribution < 1.29 is 4.74 Å². The average molecular weight is 264 g/mol. The molecular formula is C16H28N2O. The second-order valence-corrected chi connectivity index (χ2v) is 5.80. The molecule has 108 valence electrons. The molecule has 0 aliphatic heterocycles. The minimum atomic E-state index is -0.0609. The molecule has 0 saturated carbocycles. The molecule has 1 rings (SSSR count). The third-order valence-electron chi connectivity index (χ3n) is 3.12. The normalized spacial score (nSPS) is 12.1. The molecule has 19 heavy (non-hydrogen) atoms. The van der Waals surface area contributed by atoms with Crippen LogP contribution in [0.5, 0.6) is 0 Å². The standard InChI is InChI=1S/C16H28N2O/c1-5-18(10-11-19-16(2,3)4)13-15-9-7-6-8-14(15)12-17/h6-9H,5,10-13,17H2,1-4H3. The second-order valence-electron chi connectivity index (χ2n) is 5.80. The fourth-order valence-electron chi connectivity index (χ4n) is 1.98. The Kier molecular flexibility index (Phi) is 6.49. The molecule has 0 atom stereocenters. The Morgan fingerprint density at radius 2 is 1.79 bits per heavy atom. The smallest absolute Gasteiger partial charge is 0.0600 e. The van der Waals surface area contributed by atoms with Crippen LogP contribution in [-0.2, 0) is 17.8 Å². The lowest BCUT2D eigenvalue weighted by molar-refractivity contribution is -0.0134. The topological polar surface area (TPSA) is 38.5 Å². The quantitative estimate of drug-likeness (QED) is 0.823. The van der Waals surface area contributed by atoms with E-state index >= 15 is 0 Å². The highest BCUT2D eigenvalue weighted by atomic mass is 16.5. The molecule has 0 bridgehead atoms. The van der Waals surface area contributed by atoms with Gasteiger partial charge in [0.2, 0.25) is 0 Å². The van der Waals surface area contributed by atoms with Crippen molar-refractivity contribution >= 4 is 0 Å². The lowest BCUT2D eigenvalue weighted by atomic mass is 10.1. The van der Waals surface area contributed by atoms with Crippen molar-refractivity contribution in [3.05, 3.63) is 35.4 Å². The first-order valence-electron chi connectivity index (χ1n) is 7.09. The van der Waals surface area contributed by atoms with Crippen molar-refractivity contribution in [3.8, 4) is 0 Å². The van der Waals surface area contributed by atoms with Gasteiger partial charge in [-0.1, -0.05) is 31.2 Å². The van der Waals surface area contributed by atoms with Crippen molar-refractivity contribution in [1.29, 1.82) is 0 Å². The number of rotatable bonds is 7. The van der Waals surface area contributed by atoms with E-state index in [0.29, 0.717) is 6.54 Å². The van der Waals surface area contributed by atoms with E-state index in [9.17, 15) is 0 Å². The zero-order valence-corrected chi connectivity index (χ0v) is 12.8. The van der Waals surface area contributed by atoms with Crippen LogP contribution in [0, 0.1) is 0 Å². The Labute approximate surface area is 117 Å². The largest absolute Gasteiger partial charge is 0.375 e. The van der Waals surface area contributed by atoms with E-state index < -0.39 is 0 Å². The van der Waals surface area contributed by atoms with E-state index in [1.807, 2.05) is 6.07 Å². The Morgan fingerprint density at radius 3 is 2.32 bits per heavy atom. The van der Waals surface area contributed by atoms with Crippen LogP contribution >= 0.6 is 0 Å². The van der Waals surface area contributed by atoms with E-state index in [-0.39, 0.29) is 5.60 Å². The van der Waals surface area contributed by atoms with Gasteiger partial charge in [-0.25, -0.2) is 0 Å². The number of hydrogen-bond donors (Lipinski definition) is 1. The van der Waals surface area contributed by atoms with Gasteiger partial charge in [-0.15, -0.1) is 0 Å². The SMILES string of the molecule is CCN(CCOC(C)(C)C)Cc1ccccc1CN. The van der Waals surface area contributed by atoms with Gasteiger partial charge in [0.15, 0.2) is 0 Å². The Balaban J connectivity index is 2.52. The molecule has 0 saturated heterocycles. The van der Waals surface area contributed by atoms with Gasteiger partial charge in [0.1, 0.15) is 0 Å². The van der Waals surface area contributed by atoms with Crippen LogP contribution in [0.15, 0.2) is 24.3 Å². The number of nitrogens with two attached hydrogens (primary N) is 1. The van der Waals surface area contributed by atoms with E-state index in [1.165, 1.54) is 11.1 Å². The minimum Gasteiger partial charge on any atom is -0.375 e. The van der Waals surface area contributed by atoms with Crippen molar-refractivity contribution in [1.82, 2.24) is 4.90 Å². The van der Waals surface area contributed by atoms with E-state index in [4.69, 9.17) is 10.5 Å². The molecule has 0 fully saturated rings. The first-order chi connectivity index (χ1) is 8.96. The lowest BCUT2D eigenvalue weighted by Gasteiger charge is -2.25. The van der Waals surface area contributed by atoms with Crippen molar-refractivity contribution in [2.75, 3.05) is 19.7 Å². The van der Waals surface area contributed by atoms with Crippen molar-refractivity contribution in [2.24, 2.45) is 5.73 Å². The summed E-state index contributed by atoms with van der Waals surface area (Å²) in [7, 11) is 0. The van der Waals surface area contributed by atoms with Crippen LogP contribution in [0.3, 0.4) is 0 Å². The molecule has 0 spiro atoms. The maximum absolute atomic E-state index is 5.79. The van der Waals surface area contributed by atoms with Crippen molar-refractivity contribution in [2.45, 2.75) is 46.4 Å². The fraction of sp³-hybridized carbons (Fsp3) is 0.625.